The number of alkyl halides is 3. The monoisotopic (exact) mass is 244 g/mol. The second-order valence-electron chi connectivity index (χ2n) is 5.24. The van der Waals surface area contributed by atoms with Crippen molar-refractivity contribution < 1.29 is 13.2 Å². The fraction of sp³-hybridized carbons (Fsp3) is 0.583. The van der Waals surface area contributed by atoms with Gasteiger partial charge in [0.1, 0.15) is 5.69 Å². The van der Waals surface area contributed by atoms with Gasteiger partial charge >= 0.3 is 6.18 Å². The molecule has 1 saturated carbocycles. The highest BCUT2D eigenvalue weighted by Gasteiger charge is 2.63. The first-order valence-electron chi connectivity index (χ1n) is 5.47. The van der Waals surface area contributed by atoms with Crippen LogP contribution in [0.2, 0.25) is 0 Å². The molecule has 1 unspecified atom stereocenters. The molecule has 1 aromatic rings. The summed E-state index contributed by atoms with van der Waals surface area (Å²) >= 11 is 0. The van der Waals surface area contributed by atoms with Crippen LogP contribution >= 0.6 is 0 Å². The van der Waals surface area contributed by atoms with Crippen LogP contribution in [0.4, 0.5) is 13.2 Å². The van der Waals surface area contributed by atoms with Crippen LogP contribution in [0.5, 0.6) is 0 Å². The lowest BCUT2D eigenvalue weighted by Gasteiger charge is -2.22. The number of halogens is 3. The Morgan fingerprint density at radius 2 is 2.00 bits per heavy atom. The lowest BCUT2D eigenvalue weighted by atomic mass is 9.86. The summed E-state index contributed by atoms with van der Waals surface area (Å²) in [6, 6.07) is 3.04. The van der Waals surface area contributed by atoms with Crippen LogP contribution in [-0.4, -0.2) is 11.5 Å². The minimum Gasteiger partial charge on any atom is -0.330 e. The minimum atomic E-state index is -4.42. The van der Waals surface area contributed by atoms with Crippen LogP contribution in [0.1, 0.15) is 31.5 Å². The molecule has 5 heteroatoms. The van der Waals surface area contributed by atoms with E-state index in [-0.39, 0.29) is 17.5 Å². The van der Waals surface area contributed by atoms with E-state index in [0.29, 0.717) is 6.42 Å². The van der Waals surface area contributed by atoms with Crippen LogP contribution < -0.4 is 5.73 Å². The molecule has 1 fully saturated rings. The third kappa shape index (κ3) is 1.73. The highest BCUT2D eigenvalue weighted by molar-refractivity contribution is 5.41. The van der Waals surface area contributed by atoms with Crippen molar-refractivity contribution in [1.82, 2.24) is 4.98 Å². The van der Waals surface area contributed by atoms with E-state index in [1.165, 1.54) is 18.3 Å². The Morgan fingerprint density at radius 3 is 2.41 bits per heavy atom. The molecule has 0 aromatic carbocycles. The quantitative estimate of drug-likeness (QED) is 0.868. The van der Waals surface area contributed by atoms with Gasteiger partial charge in [-0.1, -0.05) is 19.9 Å². The summed E-state index contributed by atoms with van der Waals surface area (Å²) < 4.78 is 38.7. The van der Waals surface area contributed by atoms with Crippen LogP contribution in [0.15, 0.2) is 18.3 Å². The van der Waals surface area contributed by atoms with Crippen LogP contribution in [-0.2, 0) is 11.6 Å². The summed E-state index contributed by atoms with van der Waals surface area (Å²) in [5.41, 5.74) is 4.37. The second-order valence-corrected chi connectivity index (χ2v) is 5.24. The molecule has 1 heterocycles. The molecule has 1 atom stereocenters. The molecule has 0 aliphatic heterocycles. The highest BCUT2D eigenvalue weighted by atomic mass is 19.4. The average Bonchev–Trinajstić information content (AvgIpc) is 2.81. The largest absolute Gasteiger partial charge is 0.433 e. The summed E-state index contributed by atoms with van der Waals surface area (Å²) in [4.78, 5) is 3.49. The Balaban J connectivity index is 2.54. The smallest absolute Gasteiger partial charge is 0.330 e. The van der Waals surface area contributed by atoms with Gasteiger partial charge in [0.05, 0.1) is 0 Å². The van der Waals surface area contributed by atoms with Crippen LogP contribution in [0.25, 0.3) is 0 Å². The fourth-order valence-electron chi connectivity index (χ4n) is 2.65. The molecule has 0 bridgehead atoms. The van der Waals surface area contributed by atoms with E-state index in [2.05, 4.69) is 4.98 Å². The maximum absolute atomic E-state index is 12.9. The van der Waals surface area contributed by atoms with Gasteiger partial charge in [-0.05, 0) is 23.5 Å². The number of nitrogens with zero attached hydrogens (tertiary/aromatic N) is 1. The molecule has 0 radical (unpaired) electrons. The molecule has 0 amide bonds. The van der Waals surface area contributed by atoms with Crippen molar-refractivity contribution in [3.8, 4) is 0 Å². The highest BCUT2D eigenvalue weighted by Crippen LogP contribution is 2.64. The Kier molecular flexibility index (Phi) is 2.51. The molecule has 2 nitrogen and oxygen atoms in total. The third-order valence-electron chi connectivity index (χ3n) is 3.85. The van der Waals surface area contributed by atoms with E-state index in [1.807, 2.05) is 13.8 Å². The molecule has 2 rings (SSSR count). The number of hydrogen-bond donors (Lipinski definition) is 1. The van der Waals surface area contributed by atoms with E-state index in [4.69, 9.17) is 5.73 Å². The van der Waals surface area contributed by atoms with Gasteiger partial charge in [0.2, 0.25) is 0 Å². The molecular formula is C12H15F3N2. The molecule has 0 spiro atoms. The lowest BCUT2D eigenvalue weighted by Crippen LogP contribution is -2.29. The van der Waals surface area contributed by atoms with Gasteiger partial charge in [-0.2, -0.15) is 13.2 Å². The van der Waals surface area contributed by atoms with Crippen molar-refractivity contribution in [2.75, 3.05) is 6.54 Å². The van der Waals surface area contributed by atoms with Crippen molar-refractivity contribution in [3.05, 3.63) is 29.6 Å². The fourth-order valence-corrected chi connectivity index (χ4v) is 2.65. The van der Waals surface area contributed by atoms with Crippen molar-refractivity contribution >= 4 is 0 Å². The van der Waals surface area contributed by atoms with Crippen molar-refractivity contribution in [3.63, 3.8) is 0 Å². The second kappa shape index (κ2) is 3.45. The van der Waals surface area contributed by atoms with Gasteiger partial charge in [0, 0.05) is 18.2 Å². The number of nitrogens with two attached hydrogens (primary N) is 1. The summed E-state index contributed by atoms with van der Waals surface area (Å²) in [6.07, 6.45) is -2.57. The maximum Gasteiger partial charge on any atom is 0.433 e. The van der Waals surface area contributed by atoms with Crippen molar-refractivity contribution in [2.24, 2.45) is 11.1 Å². The van der Waals surface area contributed by atoms with Gasteiger partial charge in [-0.3, -0.25) is 4.98 Å². The number of pyridine rings is 1. The summed E-state index contributed by atoms with van der Waals surface area (Å²) in [5.74, 6) is 0. The van der Waals surface area contributed by atoms with Gasteiger partial charge in [-0.15, -0.1) is 0 Å². The van der Waals surface area contributed by atoms with E-state index < -0.39 is 17.3 Å². The van der Waals surface area contributed by atoms with E-state index in [1.54, 1.807) is 0 Å². The zero-order valence-electron chi connectivity index (χ0n) is 9.80. The molecule has 2 N–H and O–H groups in total. The van der Waals surface area contributed by atoms with Gasteiger partial charge in [0.15, 0.2) is 0 Å². The van der Waals surface area contributed by atoms with Crippen LogP contribution in [0.3, 0.4) is 0 Å². The topological polar surface area (TPSA) is 38.9 Å². The summed E-state index contributed by atoms with van der Waals surface area (Å²) in [7, 11) is 0. The standard InChI is InChI=1S/C12H15F3N2/c1-10(2)6-11(10,7-16)8-4-3-5-17-9(8)12(13,14)15/h3-5H,6-7,16H2,1-2H3. The Hall–Kier alpha value is -1.10. The average molecular weight is 244 g/mol. The number of aromatic nitrogens is 1. The van der Waals surface area contributed by atoms with Gasteiger partial charge < -0.3 is 5.73 Å². The van der Waals surface area contributed by atoms with Gasteiger partial charge in [-0.25, -0.2) is 0 Å². The lowest BCUT2D eigenvalue weighted by molar-refractivity contribution is -0.142. The summed E-state index contributed by atoms with van der Waals surface area (Å²) in [6.45, 7) is 4.09. The Bertz CT molecular complexity index is 440. The third-order valence-corrected chi connectivity index (χ3v) is 3.85. The molecule has 0 saturated heterocycles. The normalized spacial score (nSPS) is 26.9. The number of hydrogen-bond acceptors (Lipinski definition) is 2. The first-order chi connectivity index (χ1) is 7.74. The van der Waals surface area contributed by atoms with Crippen molar-refractivity contribution in [1.29, 1.82) is 0 Å². The number of rotatable bonds is 2. The molecule has 1 aliphatic rings. The van der Waals surface area contributed by atoms with E-state index in [9.17, 15) is 13.2 Å². The van der Waals surface area contributed by atoms with Crippen LogP contribution in [0, 0.1) is 5.41 Å². The molecule has 1 aromatic heterocycles. The predicted octanol–water partition coefficient (Wildman–Crippen LogP) is 2.73. The minimum absolute atomic E-state index is 0.190. The summed E-state index contributed by atoms with van der Waals surface area (Å²) in [5, 5.41) is 0. The molecule has 17 heavy (non-hydrogen) atoms. The predicted molar refractivity (Wildman–Crippen MR) is 58.4 cm³/mol. The first-order valence-corrected chi connectivity index (χ1v) is 5.47. The van der Waals surface area contributed by atoms with Crippen molar-refractivity contribution in [2.45, 2.75) is 31.9 Å². The maximum atomic E-state index is 12.9. The Labute approximate surface area is 98.0 Å². The van der Waals surface area contributed by atoms with E-state index in [0.717, 1.165) is 0 Å². The molecule has 94 valence electrons. The van der Waals surface area contributed by atoms with E-state index >= 15 is 0 Å². The first kappa shape index (κ1) is 12.4. The zero-order chi connectivity index (χ0) is 12.9. The molecular weight excluding hydrogens is 229 g/mol. The Morgan fingerprint density at radius 1 is 1.41 bits per heavy atom. The van der Waals surface area contributed by atoms with Gasteiger partial charge in [0.25, 0.3) is 0 Å². The SMILES string of the molecule is CC1(C)CC1(CN)c1cccnc1C(F)(F)F. The zero-order valence-corrected chi connectivity index (χ0v) is 9.80. The molecule has 1 aliphatic carbocycles.